The number of benzene rings is 1. The van der Waals surface area contributed by atoms with E-state index in [9.17, 15) is 9.59 Å². The Balaban J connectivity index is 1.67. The van der Waals surface area contributed by atoms with Gasteiger partial charge in [-0.3, -0.25) is 4.79 Å². The number of esters is 1. The fourth-order valence-corrected chi connectivity index (χ4v) is 2.89. The Kier molecular flexibility index (Phi) is 5.05. The summed E-state index contributed by atoms with van der Waals surface area (Å²) < 4.78 is 4.67. The molecule has 2 aromatic heterocycles. The van der Waals surface area contributed by atoms with Crippen molar-refractivity contribution in [3.63, 3.8) is 0 Å². The van der Waals surface area contributed by atoms with E-state index in [-0.39, 0.29) is 12.5 Å². The van der Waals surface area contributed by atoms with Crippen LogP contribution in [0.25, 0.3) is 11.4 Å². The number of anilines is 1. The van der Waals surface area contributed by atoms with Gasteiger partial charge in [0, 0.05) is 10.6 Å². The van der Waals surface area contributed by atoms with Gasteiger partial charge in [-0.2, -0.15) is 4.80 Å². The number of amides is 1. The van der Waals surface area contributed by atoms with Crippen LogP contribution in [0.15, 0.2) is 35.7 Å². The molecule has 0 aliphatic heterocycles. The summed E-state index contributed by atoms with van der Waals surface area (Å²) >= 11 is 7.02. The number of carbonyl (C=O) groups is 2. The number of nitrogens with zero attached hydrogens (tertiary/aromatic N) is 4. The van der Waals surface area contributed by atoms with Crippen LogP contribution < -0.4 is 5.32 Å². The summed E-state index contributed by atoms with van der Waals surface area (Å²) in [4.78, 5) is 25.2. The molecular formula is C15H12ClN5O3S. The highest BCUT2D eigenvalue weighted by atomic mass is 35.5. The molecule has 0 saturated heterocycles. The molecule has 25 heavy (non-hydrogen) atoms. The van der Waals surface area contributed by atoms with Crippen molar-refractivity contribution in [3.8, 4) is 11.4 Å². The third kappa shape index (κ3) is 4.01. The first-order chi connectivity index (χ1) is 12.1. The normalized spacial score (nSPS) is 10.5. The van der Waals surface area contributed by atoms with E-state index < -0.39 is 5.97 Å². The average Bonchev–Trinajstić information content (AvgIpc) is 3.24. The van der Waals surface area contributed by atoms with E-state index in [4.69, 9.17) is 11.6 Å². The molecule has 0 bridgehead atoms. The van der Waals surface area contributed by atoms with Crippen molar-refractivity contribution in [2.75, 3.05) is 12.4 Å². The number of carbonyl (C=O) groups excluding carboxylic acids is 2. The van der Waals surface area contributed by atoms with E-state index in [1.807, 2.05) is 0 Å². The third-order valence-electron chi connectivity index (χ3n) is 3.15. The standard InChI is InChI=1S/C15H12ClN5O3S/c1-24-15(23)13-11(6-7-25-13)17-12(22)8-21-19-14(18-20-21)9-2-4-10(16)5-3-9/h2-7H,8H2,1H3,(H,17,22). The molecule has 0 aliphatic rings. The Labute approximate surface area is 151 Å². The van der Waals surface area contributed by atoms with Crippen molar-refractivity contribution in [3.05, 3.63) is 45.6 Å². The van der Waals surface area contributed by atoms with Gasteiger partial charge in [-0.25, -0.2) is 4.79 Å². The maximum Gasteiger partial charge on any atom is 0.350 e. The fourth-order valence-electron chi connectivity index (χ4n) is 2.00. The molecule has 8 nitrogen and oxygen atoms in total. The van der Waals surface area contributed by atoms with Crippen molar-refractivity contribution in [1.29, 1.82) is 0 Å². The molecule has 10 heteroatoms. The van der Waals surface area contributed by atoms with Crippen LogP contribution in [0, 0.1) is 0 Å². The van der Waals surface area contributed by atoms with Gasteiger partial charge in [0.1, 0.15) is 11.4 Å². The van der Waals surface area contributed by atoms with Crippen molar-refractivity contribution in [2.45, 2.75) is 6.54 Å². The maximum absolute atomic E-state index is 12.1. The summed E-state index contributed by atoms with van der Waals surface area (Å²) in [6.07, 6.45) is 0. The van der Waals surface area contributed by atoms with Crippen LogP contribution >= 0.6 is 22.9 Å². The summed E-state index contributed by atoms with van der Waals surface area (Å²) in [6, 6.07) is 8.59. The Morgan fingerprint density at radius 1 is 1.28 bits per heavy atom. The Bertz CT molecular complexity index is 906. The molecule has 3 aromatic rings. The minimum atomic E-state index is -0.505. The lowest BCUT2D eigenvalue weighted by Gasteiger charge is -2.04. The minimum absolute atomic E-state index is 0.142. The summed E-state index contributed by atoms with van der Waals surface area (Å²) in [5.74, 6) is -0.506. The molecule has 1 N–H and O–H groups in total. The van der Waals surface area contributed by atoms with Gasteiger partial charge in [-0.1, -0.05) is 11.6 Å². The molecule has 0 saturated carbocycles. The predicted molar refractivity (Wildman–Crippen MR) is 92.6 cm³/mol. The predicted octanol–water partition coefficient (Wildman–Crippen LogP) is 2.48. The monoisotopic (exact) mass is 377 g/mol. The minimum Gasteiger partial charge on any atom is -0.465 e. The van der Waals surface area contributed by atoms with Gasteiger partial charge in [0.2, 0.25) is 11.7 Å². The molecule has 0 radical (unpaired) electrons. The first-order valence-corrected chi connectivity index (χ1v) is 8.32. The molecule has 2 heterocycles. The molecular weight excluding hydrogens is 366 g/mol. The zero-order valence-corrected chi connectivity index (χ0v) is 14.5. The van der Waals surface area contributed by atoms with Crippen LogP contribution in [0.5, 0.6) is 0 Å². The number of halogens is 1. The van der Waals surface area contributed by atoms with Crippen LogP contribution in [0.1, 0.15) is 9.67 Å². The third-order valence-corrected chi connectivity index (χ3v) is 4.30. The summed E-state index contributed by atoms with van der Waals surface area (Å²) in [5.41, 5.74) is 1.13. The zero-order valence-electron chi connectivity index (χ0n) is 13.0. The second-order valence-corrected chi connectivity index (χ2v) is 6.21. The number of rotatable bonds is 5. The SMILES string of the molecule is COC(=O)c1sccc1NC(=O)Cn1nnc(-c2ccc(Cl)cc2)n1. The topological polar surface area (TPSA) is 99.0 Å². The van der Waals surface area contributed by atoms with Crippen LogP contribution in [0.4, 0.5) is 5.69 Å². The van der Waals surface area contributed by atoms with E-state index in [0.29, 0.717) is 21.4 Å². The van der Waals surface area contributed by atoms with E-state index >= 15 is 0 Å². The number of hydrogen-bond acceptors (Lipinski definition) is 7. The van der Waals surface area contributed by atoms with E-state index in [1.165, 1.54) is 23.2 Å². The Hall–Kier alpha value is -2.78. The maximum atomic E-state index is 12.1. The van der Waals surface area contributed by atoms with Gasteiger partial charge in [0.05, 0.1) is 12.8 Å². The Morgan fingerprint density at radius 2 is 2.04 bits per heavy atom. The van der Waals surface area contributed by atoms with Gasteiger partial charge in [0.15, 0.2) is 0 Å². The fraction of sp³-hybridized carbons (Fsp3) is 0.133. The second kappa shape index (κ2) is 7.41. The zero-order chi connectivity index (χ0) is 17.8. The number of tetrazole rings is 1. The van der Waals surface area contributed by atoms with Gasteiger partial charge >= 0.3 is 5.97 Å². The molecule has 0 aliphatic carbocycles. The number of aromatic nitrogens is 4. The molecule has 1 aromatic carbocycles. The largest absolute Gasteiger partial charge is 0.465 e. The second-order valence-electron chi connectivity index (χ2n) is 4.85. The highest BCUT2D eigenvalue weighted by molar-refractivity contribution is 7.12. The molecule has 0 atom stereocenters. The lowest BCUT2D eigenvalue weighted by molar-refractivity contribution is -0.117. The van der Waals surface area contributed by atoms with Gasteiger partial charge < -0.3 is 10.1 Å². The highest BCUT2D eigenvalue weighted by Crippen LogP contribution is 2.23. The van der Waals surface area contributed by atoms with Crippen LogP contribution in [-0.4, -0.2) is 39.2 Å². The van der Waals surface area contributed by atoms with Crippen molar-refractivity contribution < 1.29 is 14.3 Å². The Morgan fingerprint density at radius 3 is 2.76 bits per heavy atom. The van der Waals surface area contributed by atoms with Crippen molar-refractivity contribution >= 4 is 40.5 Å². The number of hydrogen-bond donors (Lipinski definition) is 1. The number of nitrogens with one attached hydrogen (secondary N) is 1. The summed E-state index contributed by atoms with van der Waals surface area (Å²) in [7, 11) is 1.28. The quantitative estimate of drug-likeness (QED) is 0.686. The van der Waals surface area contributed by atoms with Gasteiger partial charge in [-0.15, -0.1) is 21.5 Å². The molecule has 128 valence electrons. The smallest absolute Gasteiger partial charge is 0.350 e. The van der Waals surface area contributed by atoms with Crippen LogP contribution in [0.2, 0.25) is 5.02 Å². The van der Waals surface area contributed by atoms with E-state index in [1.54, 1.807) is 35.7 Å². The summed E-state index contributed by atoms with van der Waals surface area (Å²) in [6.45, 7) is -0.142. The molecule has 3 rings (SSSR count). The molecule has 0 unspecified atom stereocenters. The number of methoxy groups -OCH3 is 1. The van der Waals surface area contributed by atoms with E-state index in [0.717, 1.165) is 5.56 Å². The molecule has 1 amide bonds. The number of thiophene rings is 1. The first-order valence-electron chi connectivity index (χ1n) is 7.06. The van der Waals surface area contributed by atoms with E-state index in [2.05, 4.69) is 25.5 Å². The first kappa shape index (κ1) is 17.1. The van der Waals surface area contributed by atoms with Crippen molar-refractivity contribution in [1.82, 2.24) is 20.2 Å². The highest BCUT2D eigenvalue weighted by Gasteiger charge is 2.16. The molecule has 0 spiro atoms. The van der Waals surface area contributed by atoms with Gasteiger partial charge in [0.25, 0.3) is 0 Å². The number of ether oxygens (including phenoxy) is 1. The summed E-state index contributed by atoms with van der Waals surface area (Å²) in [5, 5.41) is 16.8. The van der Waals surface area contributed by atoms with Gasteiger partial charge in [-0.05, 0) is 40.9 Å². The average molecular weight is 378 g/mol. The lowest BCUT2D eigenvalue weighted by atomic mass is 10.2. The lowest BCUT2D eigenvalue weighted by Crippen LogP contribution is -2.21. The van der Waals surface area contributed by atoms with Crippen molar-refractivity contribution in [2.24, 2.45) is 0 Å². The van der Waals surface area contributed by atoms with Crippen LogP contribution in [0.3, 0.4) is 0 Å². The van der Waals surface area contributed by atoms with Crippen LogP contribution in [-0.2, 0) is 16.1 Å². The molecule has 0 fully saturated rings.